The van der Waals surface area contributed by atoms with Crippen LogP contribution in [0.1, 0.15) is 72.6 Å². The highest BCUT2D eigenvalue weighted by Gasteiger charge is 2.35. The fourth-order valence-corrected chi connectivity index (χ4v) is 5.71. The Hall–Kier alpha value is -3.40. The number of aliphatic carboxylic acids is 1. The predicted octanol–water partition coefficient (Wildman–Crippen LogP) is 5.63. The fourth-order valence-electron chi connectivity index (χ4n) is 5.71. The van der Waals surface area contributed by atoms with Crippen LogP contribution in [0.3, 0.4) is 0 Å². The average Bonchev–Trinajstić information content (AvgIpc) is 3.39. The third kappa shape index (κ3) is 4.66. The van der Waals surface area contributed by atoms with Gasteiger partial charge >= 0.3 is 5.97 Å². The van der Waals surface area contributed by atoms with Crippen molar-refractivity contribution in [3.05, 3.63) is 58.2 Å². The summed E-state index contributed by atoms with van der Waals surface area (Å²) < 4.78 is 49.4. The average molecular weight is 530 g/mol. The molecule has 3 N–H and O–H groups in total. The van der Waals surface area contributed by atoms with Gasteiger partial charge in [0.1, 0.15) is 29.8 Å². The lowest BCUT2D eigenvalue weighted by atomic mass is 9.77. The Balaban J connectivity index is 1.54. The number of anilines is 1. The van der Waals surface area contributed by atoms with E-state index in [1.54, 1.807) is 13.8 Å². The molecule has 1 aromatic heterocycles. The van der Waals surface area contributed by atoms with Crippen LogP contribution >= 0.6 is 0 Å². The summed E-state index contributed by atoms with van der Waals surface area (Å²) in [5, 5.41) is 22.4. The zero-order valence-corrected chi connectivity index (χ0v) is 21.2. The molecule has 2 heterocycles. The number of aliphatic hydroxyl groups excluding tert-OH is 1. The number of halogens is 3. The molecule has 0 amide bonds. The van der Waals surface area contributed by atoms with Gasteiger partial charge in [-0.15, -0.1) is 0 Å². The van der Waals surface area contributed by atoms with E-state index in [9.17, 15) is 18.7 Å². The number of ether oxygens (including phenoxy) is 1. The highest BCUT2D eigenvalue weighted by molar-refractivity contribution is 5.94. The minimum Gasteiger partial charge on any atom is -0.493 e. The van der Waals surface area contributed by atoms with Crippen molar-refractivity contribution in [3.8, 4) is 5.75 Å². The molecule has 0 bridgehead atoms. The molecule has 1 aliphatic heterocycles. The lowest BCUT2D eigenvalue weighted by molar-refractivity contribution is -0.142. The largest absolute Gasteiger partial charge is 0.493 e. The van der Waals surface area contributed by atoms with Crippen LogP contribution in [0.25, 0.3) is 10.9 Å². The SMILES string of the molecule is Cc1nc(N[C@H](C)c2cccc(C(F)(F)CO)c2F)c2cc([C@H]3CC[C@@H](C(=O)O)CC3)c3c(c2n1)CCO3. The number of alkyl halides is 2. The monoisotopic (exact) mass is 529 g/mol. The van der Waals surface area contributed by atoms with Crippen LogP contribution in [-0.2, 0) is 17.1 Å². The molecule has 0 unspecified atom stereocenters. The number of carbonyl (C=O) groups is 1. The third-order valence-electron chi connectivity index (χ3n) is 7.74. The summed E-state index contributed by atoms with van der Waals surface area (Å²) >= 11 is 0. The number of benzene rings is 2. The van der Waals surface area contributed by atoms with Gasteiger partial charge in [0.05, 0.1) is 29.6 Å². The molecule has 0 spiro atoms. The number of nitrogens with zero attached hydrogens (tertiary/aromatic N) is 2. The highest BCUT2D eigenvalue weighted by atomic mass is 19.3. The maximum Gasteiger partial charge on any atom is 0.306 e. The van der Waals surface area contributed by atoms with Gasteiger partial charge < -0.3 is 20.3 Å². The van der Waals surface area contributed by atoms with Crippen LogP contribution in [0.15, 0.2) is 24.3 Å². The molecule has 1 aliphatic carbocycles. The Labute approximate surface area is 218 Å². The summed E-state index contributed by atoms with van der Waals surface area (Å²) in [4.78, 5) is 20.7. The van der Waals surface area contributed by atoms with Crippen molar-refractivity contribution < 1.29 is 32.9 Å². The van der Waals surface area contributed by atoms with Gasteiger partial charge in [-0.3, -0.25) is 4.79 Å². The number of aromatic nitrogens is 2. The number of fused-ring (bicyclic) bond motifs is 3. The summed E-state index contributed by atoms with van der Waals surface area (Å²) in [5.74, 6) is -4.00. The van der Waals surface area contributed by atoms with E-state index in [1.165, 1.54) is 12.1 Å². The number of hydrogen-bond donors (Lipinski definition) is 3. The second kappa shape index (κ2) is 10.1. The molecule has 1 saturated carbocycles. The minimum atomic E-state index is -3.70. The predicted molar refractivity (Wildman–Crippen MR) is 135 cm³/mol. The van der Waals surface area contributed by atoms with E-state index < -0.39 is 35.9 Å². The molecule has 1 atom stereocenters. The van der Waals surface area contributed by atoms with Crippen LogP contribution < -0.4 is 10.1 Å². The number of aliphatic hydroxyl groups is 1. The highest BCUT2D eigenvalue weighted by Crippen LogP contribution is 2.46. The summed E-state index contributed by atoms with van der Waals surface area (Å²) in [6.45, 7) is 2.44. The number of hydrogen-bond acceptors (Lipinski definition) is 6. The lowest BCUT2D eigenvalue weighted by Gasteiger charge is -2.28. The number of rotatable bonds is 7. The molecule has 7 nitrogen and oxygen atoms in total. The van der Waals surface area contributed by atoms with E-state index in [1.807, 2.05) is 6.07 Å². The number of carboxylic acids is 1. The second-order valence-electron chi connectivity index (χ2n) is 10.2. The van der Waals surface area contributed by atoms with Gasteiger partial charge in [0.2, 0.25) is 0 Å². The van der Waals surface area contributed by atoms with Crippen LogP contribution in [0.5, 0.6) is 5.75 Å². The standard InChI is InChI=1S/C28H30F3N3O4/c1-14(18-4-3-5-22(23(18)29)28(30,31)13-35)32-26-21-12-20(16-6-8-17(9-7-16)27(36)37)25-19(10-11-38-25)24(21)33-15(2)34-26/h3-5,12,14,16-17,35H,6-11,13H2,1-2H3,(H,36,37)(H,32,33,34)/t14-,16-,17+/m1/s1. The van der Waals surface area contributed by atoms with Gasteiger partial charge in [0.25, 0.3) is 5.92 Å². The van der Waals surface area contributed by atoms with Gasteiger partial charge in [-0.1, -0.05) is 12.1 Å². The topological polar surface area (TPSA) is 105 Å². The maximum atomic E-state index is 15.2. The van der Waals surface area contributed by atoms with Crippen LogP contribution in [0, 0.1) is 18.7 Å². The first kappa shape index (κ1) is 26.2. The van der Waals surface area contributed by atoms with Crippen LogP contribution in [0.2, 0.25) is 0 Å². The first-order valence-corrected chi connectivity index (χ1v) is 12.8. The molecule has 1 fully saturated rings. The molecular weight excluding hydrogens is 499 g/mol. The van der Waals surface area contributed by atoms with E-state index in [4.69, 9.17) is 9.84 Å². The van der Waals surface area contributed by atoms with Crippen molar-refractivity contribution in [3.63, 3.8) is 0 Å². The van der Waals surface area contributed by atoms with Gasteiger partial charge in [0.15, 0.2) is 0 Å². The van der Waals surface area contributed by atoms with E-state index in [0.29, 0.717) is 37.5 Å². The van der Waals surface area contributed by atoms with Crippen molar-refractivity contribution in [2.75, 3.05) is 18.5 Å². The molecule has 2 aliphatic rings. The molecule has 5 rings (SSSR count). The lowest BCUT2D eigenvalue weighted by Crippen LogP contribution is -2.22. The van der Waals surface area contributed by atoms with Gasteiger partial charge in [0, 0.05) is 22.9 Å². The first-order valence-electron chi connectivity index (χ1n) is 12.8. The van der Waals surface area contributed by atoms with Crippen molar-refractivity contribution in [2.24, 2.45) is 5.92 Å². The molecule has 0 saturated heterocycles. The van der Waals surface area contributed by atoms with Gasteiger partial charge in [-0.25, -0.2) is 14.4 Å². The van der Waals surface area contributed by atoms with Crippen molar-refractivity contribution in [1.82, 2.24) is 9.97 Å². The second-order valence-corrected chi connectivity index (χ2v) is 10.2. The normalized spacial score (nSPS) is 20.2. The molecule has 2 aromatic carbocycles. The Morgan fingerprint density at radius 2 is 1.97 bits per heavy atom. The van der Waals surface area contributed by atoms with E-state index in [-0.39, 0.29) is 17.4 Å². The quantitative estimate of drug-likeness (QED) is 0.365. The van der Waals surface area contributed by atoms with Crippen molar-refractivity contribution in [1.29, 1.82) is 0 Å². The Kier molecular flexibility index (Phi) is 6.94. The zero-order valence-electron chi connectivity index (χ0n) is 21.2. The van der Waals surface area contributed by atoms with E-state index >= 15 is 4.39 Å². The zero-order chi connectivity index (χ0) is 27.2. The van der Waals surface area contributed by atoms with E-state index in [0.717, 1.165) is 46.7 Å². The van der Waals surface area contributed by atoms with Crippen LogP contribution in [0.4, 0.5) is 19.0 Å². The van der Waals surface area contributed by atoms with Gasteiger partial charge in [-0.05, 0) is 63.1 Å². The number of nitrogens with one attached hydrogen (secondary N) is 1. The molecule has 38 heavy (non-hydrogen) atoms. The number of carboxylic acid groups (broad SMARTS) is 1. The summed E-state index contributed by atoms with van der Waals surface area (Å²) in [6.07, 6.45) is 3.30. The summed E-state index contributed by atoms with van der Waals surface area (Å²) in [7, 11) is 0. The van der Waals surface area contributed by atoms with Gasteiger partial charge in [-0.2, -0.15) is 8.78 Å². The first-order chi connectivity index (χ1) is 18.1. The van der Waals surface area contributed by atoms with E-state index in [2.05, 4.69) is 15.3 Å². The smallest absolute Gasteiger partial charge is 0.306 e. The Morgan fingerprint density at radius 1 is 1.24 bits per heavy atom. The fraction of sp³-hybridized carbons (Fsp3) is 0.464. The molecule has 3 aromatic rings. The maximum absolute atomic E-state index is 15.2. The molecular formula is C28H30F3N3O4. The Morgan fingerprint density at radius 3 is 2.66 bits per heavy atom. The molecule has 10 heteroatoms. The summed E-state index contributed by atoms with van der Waals surface area (Å²) in [5.41, 5.74) is 1.85. The minimum absolute atomic E-state index is 0.0248. The Bertz CT molecular complexity index is 1390. The van der Waals surface area contributed by atoms with Crippen molar-refractivity contribution >= 4 is 22.7 Å². The van der Waals surface area contributed by atoms with Crippen LogP contribution in [-0.4, -0.2) is 39.4 Å². The third-order valence-corrected chi connectivity index (χ3v) is 7.74. The number of aryl methyl sites for hydroxylation is 1. The van der Waals surface area contributed by atoms with Crippen molar-refractivity contribution in [2.45, 2.75) is 63.8 Å². The molecule has 202 valence electrons. The summed E-state index contributed by atoms with van der Waals surface area (Å²) in [6, 6.07) is 5.00. The molecule has 0 radical (unpaired) electrons.